The maximum absolute atomic E-state index is 13.8. The molecule has 3 N–H and O–H groups in total. The largest absolute Gasteiger partial charge is 0.502 e. The van der Waals surface area contributed by atoms with Crippen molar-refractivity contribution in [1.29, 1.82) is 0 Å². The first-order valence-electron chi connectivity index (χ1n) is 11.4. The first-order chi connectivity index (χ1) is 18.9. The maximum Gasteiger partial charge on any atom is 0.491 e. The smallest absolute Gasteiger partial charge is 0.491 e. The summed E-state index contributed by atoms with van der Waals surface area (Å²) in [6.07, 6.45) is -5.40. The number of esters is 1. The molecule has 13 heteroatoms. The van der Waals surface area contributed by atoms with Crippen molar-refractivity contribution in [1.82, 2.24) is 5.32 Å². The van der Waals surface area contributed by atoms with Crippen LogP contribution in [0.3, 0.4) is 0 Å². The third kappa shape index (κ3) is 5.78. The van der Waals surface area contributed by atoms with Crippen LogP contribution in [0.15, 0.2) is 70.3 Å². The van der Waals surface area contributed by atoms with Crippen LogP contribution in [0.5, 0.6) is 17.2 Å². The Kier molecular flexibility index (Phi) is 7.86. The summed E-state index contributed by atoms with van der Waals surface area (Å²) < 4.78 is 76.8. The summed E-state index contributed by atoms with van der Waals surface area (Å²) in [5.41, 5.74) is -2.59. The molecule has 8 nitrogen and oxygen atoms in total. The molecule has 40 heavy (non-hydrogen) atoms. The van der Waals surface area contributed by atoms with E-state index in [9.17, 15) is 41.4 Å². The molecule has 0 saturated heterocycles. The number of halogens is 5. The highest BCUT2D eigenvalue weighted by molar-refractivity contribution is 5.82. The van der Waals surface area contributed by atoms with Gasteiger partial charge >= 0.3 is 12.1 Å². The normalized spacial score (nSPS) is 12.2. The molecule has 0 aliphatic carbocycles. The molecule has 0 bridgehead atoms. The number of carbonyl (C=O) groups excluding carboxylic acids is 1. The topological polar surface area (TPSA) is 114 Å². The fourth-order valence-electron chi connectivity index (χ4n) is 3.85. The van der Waals surface area contributed by atoms with E-state index >= 15 is 0 Å². The summed E-state index contributed by atoms with van der Waals surface area (Å²) >= 11 is 0. The molecular formula is C27H19F5N2O6. The molecule has 0 fully saturated rings. The highest BCUT2D eigenvalue weighted by Crippen LogP contribution is 2.39. The fourth-order valence-corrected chi connectivity index (χ4v) is 3.85. The van der Waals surface area contributed by atoms with Crippen LogP contribution in [-0.4, -0.2) is 24.4 Å². The summed E-state index contributed by atoms with van der Waals surface area (Å²) in [5.74, 6) is -5.91. The number of anilines is 2. The highest BCUT2D eigenvalue weighted by atomic mass is 19.4. The van der Waals surface area contributed by atoms with Crippen LogP contribution in [0, 0.1) is 11.6 Å². The van der Waals surface area contributed by atoms with E-state index in [-0.39, 0.29) is 23.4 Å². The quantitative estimate of drug-likeness (QED) is 0.119. The van der Waals surface area contributed by atoms with Crippen LogP contribution >= 0.6 is 0 Å². The monoisotopic (exact) mass is 562 g/mol. The SMILES string of the molecule is COc1ccc(C(NCc2ccc(F)c(F)c2)c2cccc(Nc3c(O)c(=O)c3=O)c2OC(=O)C(F)(F)F)cc1. The molecule has 0 aliphatic heterocycles. The summed E-state index contributed by atoms with van der Waals surface area (Å²) in [7, 11) is 1.42. The van der Waals surface area contributed by atoms with Crippen LogP contribution in [0.1, 0.15) is 22.7 Å². The van der Waals surface area contributed by atoms with Gasteiger partial charge in [0.05, 0.1) is 18.8 Å². The zero-order chi connectivity index (χ0) is 29.2. The van der Waals surface area contributed by atoms with Crippen LogP contribution < -0.4 is 31.0 Å². The first kappa shape index (κ1) is 28.2. The van der Waals surface area contributed by atoms with Gasteiger partial charge in [-0.25, -0.2) is 13.6 Å². The minimum atomic E-state index is -5.40. The average molecular weight is 562 g/mol. The average Bonchev–Trinajstić information content (AvgIpc) is 2.93. The second kappa shape index (κ2) is 11.1. The molecule has 208 valence electrons. The lowest BCUT2D eigenvalue weighted by Gasteiger charge is -2.25. The number of methoxy groups -OCH3 is 1. The minimum absolute atomic E-state index is 0.0476. The minimum Gasteiger partial charge on any atom is -0.502 e. The van der Waals surface area contributed by atoms with Gasteiger partial charge in [0.1, 0.15) is 11.4 Å². The molecule has 0 saturated carbocycles. The number of benzene rings is 3. The predicted molar refractivity (Wildman–Crippen MR) is 132 cm³/mol. The Labute approximate surface area is 222 Å². The van der Waals surface area contributed by atoms with Gasteiger partial charge in [-0.05, 0) is 41.5 Å². The highest BCUT2D eigenvalue weighted by Gasteiger charge is 2.42. The Hall–Kier alpha value is -4.78. The van der Waals surface area contributed by atoms with E-state index in [0.717, 1.165) is 12.1 Å². The Balaban J connectivity index is 1.83. The van der Waals surface area contributed by atoms with Crippen molar-refractivity contribution in [3.63, 3.8) is 0 Å². The van der Waals surface area contributed by atoms with E-state index in [1.54, 1.807) is 24.3 Å². The molecule has 4 aromatic rings. The van der Waals surface area contributed by atoms with Crippen molar-refractivity contribution in [2.45, 2.75) is 18.8 Å². The van der Waals surface area contributed by atoms with Crippen LogP contribution in [-0.2, 0) is 11.3 Å². The third-order valence-electron chi connectivity index (χ3n) is 5.87. The number of rotatable bonds is 9. The molecule has 0 spiro atoms. The van der Waals surface area contributed by atoms with Crippen molar-refractivity contribution in [2.24, 2.45) is 0 Å². The van der Waals surface area contributed by atoms with E-state index in [1.165, 1.54) is 31.4 Å². The van der Waals surface area contributed by atoms with Gasteiger partial charge in [0.15, 0.2) is 23.1 Å². The maximum atomic E-state index is 13.8. The summed E-state index contributed by atoms with van der Waals surface area (Å²) in [6, 6.07) is 12.2. The summed E-state index contributed by atoms with van der Waals surface area (Å²) in [6.45, 7) is -0.114. The van der Waals surface area contributed by atoms with Crippen molar-refractivity contribution < 1.29 is 41.3 Å². The van der Waals surface area contributed by atoms with Crippen LogP contribution in [0.25, 0.3) is 0 Å². The summed E-state index contributed by atoms with van der Waals surface area (Å²) in [5, 5.41) is 15.1. The van der Waals surface area contributed by atoms with E-state index in [0.29, 0.717) is 11.3 Å². The second-order valence-electron chi connectivity index (χ2n) is 8.45. The number of para-hydroxylation sites is 1. The van der Waals surface area contributed by atoms with Gasteiger partial charge in [-0.15, -0.1) is 0 Å². The van der Waals surface area contributed by atoms with Gasteiger partial charge in [0, 0.05) is 12.1 Å². The lowest BCUT2D eigenvalue weighted by Crippen LogP contribution is -2.33. The van der Waals surface area contributed by atoms with Gasteiger partial charge in [-0.3, -0.25) is 9.59 Å². The number of hydrogen-bond donors (Lipinski definition) is 3. The zero-order valence-electron chi connectivity index (χ0n) is 20.4. The van der Waals surface area contributed by atoms with E-state index in [4.69, 9.17) is 9.47 Å². The molecular weight excluding hydrogens is 543 g/mol. The Morgan fingerprint density at radius 2 is 1.68 bits per heavy atom. The number of aromatic hydroxyl groups is 1. The molecule has 0 aliphatic rings. The van der Waals surface area contributed by atoms with Gasteiger partial charge in [0.2, 0.25) is 0 Å². The Morgan fingerprint density at radius 1 is 0.975 bits per heavy atom. The van der Waals surface area contributed by atoms with Crippen LogP contribution in [0.2, 0.25) is 0 Å². The molecule has 4 rings (SSSR count). The van der Waals surface area contributed by atoms with Gasteiger partial charge in [-0.2, -0.15) is 13.2 Å². The molecule has 0 radical (unpaired) electrons. The van der Waals surface area contributed by atoms with Crippen molar-refractivity contribution >= 4 is 17.3 Å². The zero-order valence-corrected chi connectivity index (χ0v) is 20.4. The molecule has 0 heterocycles. The van der Waals surface area contributed by atoms with Crippen molar-refractivity contribution in [2.75, 3.05) is 12.4 Å². The lowest BCUT2D eigenvalue weighted by molar-refractivity contribution is -0.189. The first-order valence-corrected chi connectivity index (χ1v) is 11.4. The lowest BCUT2D eigenvalue weighted by atomic mass is 9.96. The molecule has 1 unspecified atom stereocenters. The fraction of sp³-hybridized carbons (Fsp3) is 0.148. The standard InChI is InChI=1S/C27H19F5N2O6/c1-39-15-8-6-14(7-9-15)20(33-12-13-5-10-17(28)18(29)11-13)16-3-2-4-19(25(16)40-26(38)27(30,31)32)34-21-22(35)24(37)23(21)36/h2-11,20,33-35H,12H2,1H3. The third-order valence-corrected chi connectivity index (χ3v) is 5.87. The number of alkyl halides is 3. The second-order valence-corrected chi connectivity index (χ2v) is 8.45. The molecule has 4 aromatic carbocycles. The van der Waals surface area contributed by atoms with Gasteiger partial charge in [0.25, 0.3) is 10.9 Å². The van der Waals surface area contributed by atoms with Crippen LogP contribution in [0.4, 0.5) is 33.3 Å². The molecule has 0 aromatic heterocycles. The van der Waals surface area contributed by atoms with E-state index < -0.39 is 57.9 Å². The Morgan fingerprint density at radius 3 is 2.27 bits per heavy atom. The molecule has 0 amide bonds. The van der Waals surface area contributed by atoms with Crippen molar-refractivity contribution in [3.05, 3.63) is 109 Å². The predicted octanol–water partition coefficient (Wildman–Crippen LogP) is 4.37. The number of ether oxygens (including phenoxy) is 2. The molecule has 1 atom stereocenters. The van der Waals surface area contributed by atoms with E-state index in [1.807, 2.05) is 0 Å². The summed E-state index contributed by atoms with van der Waals surface area (Å²) in [4.78, 5) is 35.2. The van der Waals surface area contributed by atoms with Crippen molar-refractivity contribution in [3.8, 4) is 17.2 Å². The van der Waals surface area contributed by atoms with Gasteiger partial charge < -0.3 is 25.2 Å². The number of nitrogens with one attached hydrogen (secondary N) is 2. The van der Waals surface area contributed by atoms with E-state index in [2.05, 4.69) is 10.6 Å². The number of hydrogen-bond acceptors (Lipinski definition) is 8. The Bertz CT molecular complexity index is 1630. The number of carbonyl (C=O) groups is 1. The van der Waals surface area contributed by atoms with Gasteiger partial charge in [-0.1, -0.05) is 30.3 Å².